The Hall–Kier alpha value is -2.65. The number of likely N-dealkylation sites (N-methyl/N-ethyl adjacent to an activating group) is 2. The van der Waals surface area contributed by atoms with Crippen LogP contribution in [0.2, 0.25) is 0 Å². The molecule has 1 aromatic rings. The summed E-state index contributed by atoms with van der Waals surface area (Å²) in [6, 6.07) is -0.375. The van der Waals surface area contributed by atoms with Gasteiger partial charge in [0.25, 0.3) is 0 Å². The van der Waals surface area contributed by atoms with E-state index in [9.17, 15) is 14.4 Å². The Morgan fingerprint density at radius 3 is 2.67 bits per heavy atom. The summed E-state index contributed by atoms with van der Waals surface area (Å²) in [4.78, 5) is 35.0. The number of amides is 3. The molecule has 1 rings (SSSR count). The predicted molar refractivity (Wildman–Crippen MR) is 71.7 cm³/mol. The Labute approximate surface area is 121 Å². The van der Waals surface area contributed by atoms with E-state index in [1.165, 1.54) is 22.8 Å². The van der Waals surface area contributed by atoms with Crippen molar-refractivity contribution in [1.82, 2.24) is 30.5 Å². The van der Waals surface area contributed by atoms with Crippen molar-refractivity contribution in [3.8, 4) is 0 Å². The van der Waals surface area contributed by atoms with Crippen LogP contribution >= 0.6 is 0 Å². The fraction of sp³-hybridized carbons (Fsp3) is 0.545. The van der Waals surface area contributed by atoms with E-state index in [2.05, 4.69) is 20.9 Å². The maximum Gasteiger partial charge on any atom is 0.358 e. The number of carboxylic acids is 1. The van der Waals surface area contributed by atoms with Crippen molar-refractivity contribution < 1.29 is 19.5 Å². The highest BCUT2D eigenvalue weighted by atomic mass is 16.4. The zero-order chi connectivity index (χ0) is 15.8. The van der Waals surface area contributed by atoms with E-state index in [-0.39, 0.29) is 37.3 Å². The maximum absolute atomic E-state index is 11.8. The highest BCUT2D eigenvalue weighted by molar-refractivity contribution is 5.84. The second kappa shape index (κ2) is 7.82. The van der Waals surface area contributed by atoms with Crippen LogP contribution in [0, 0.1) is 0 Å². The summed E-state index contributed by atoms with van der Waals surface area (Å²) in [5.41, 5.74) is -0.156. The standard InChI is InChI=1S/C11H18N6O4/c1-3-16(7-9(18)12-2)11(21)13-4-5-17-6-8(10(19)20)14-15-17/h6H,3-5,7H2,1-2H3,(H,12,18)(H,13,21)(H,19,20). The van der Waals surface area contributed by atoms with Gasteiger partial charge in [0.05, 0.1) is 12.7 Å². The van der Waals surface area contributed by atoms with Crippen molar-refractivity contribution in [2.45, 2.75) is 13.5 Å². The van der Waals surface area contributed by atoms with E-state index in [0.717, 1.165) is 0 Å². The number of urea groups is 1. The normalized spacial score (nSPS) is 10.0. The van der Waals surface area contributed by atoms with E-state index in [0.29, 0.717) is 6.54 Å². The van der Waals surface area contributed by atoms with Crippen molar-refractivity contribution in [3.05, 3.63) is 11.9 Å². The van der Waals surface area contributed by atoms with Crippen LogP contribution < -0.4 is 10.6 Å². The van der Waals surface area contributed by atoms with Crippen LogP contribution in [0.4, 0.5) is 4.79 Å². The fourth-order valence-corrected chi connectivity index (χ4v) is 1.47. The van der Waals surface area contributed by atoms with Gasteiger partial charge in [-0.3, -0.25) is 4.79 Å². The fourth-order valence-electron chi connectivity index (χ4n) is 1.47. The van der Waals surface area contributed by atoms with Gasteiger partial charge < -0.3 is 20.6 Å². The number of aromatic nitrogens is 3. The molecule has 0 aliphatic rings. The summed E-state index contributed by atoms with van der Waals surface area (Å²) >= 11 is 0. The Morgan fingerprint density at radius 2 is 2.14 bits per heavy atom. The Bertz CT molecular complexity index is 515. The van der Waals surface area contributed by atoms with Gasteiger partial charge in [-0.05, 0) is 6.92 Å². The van der Waals surface area contributed by atoms with Crippen LogP contribution in [0.15, 0.2) is 6.20 Å². The number of nitrogens with zero attached hydrogens (tertiary/aromatic N) is 4. The van der Waals surface area contributed by atoms with Gasteiger partial charge in [0.1, 0.15) is 6.54 Å². The molecule has 116 valence electrons. The van der Waals surface area contributed by atoms with Crippen molar-refractivity contribution in [3.63, 3.8) is 0 Å². The van der Waals surface area contributed by atoms with Gasteiger partial charge in [-0.15, -0.1) is 5.10 Å². The quantitative estimate of drug-likeness (QED) is 0.577. The molecule has 0 spiro atoms. The molecular formula is C11H18N6O4. The summed E-state index contributed by atoms with van der Waals surface area (Å²) in [6.07, 6.45) is 1.27. The second-order valence-corrected chi connectivity index (χ2v) is 4.09. The van der Waals surface area contributed by atoms with Crippen molar-refractivity contribution >= 4 is 17.9 Å². The number of hydrogen-bond acceptors (Lipinski definition) is 5. The Kier molecular flexibility index (Phi) is 6.11. The Morgan fingerprint density at radius 1 is 1.43 bits per heavy atom. The molecule has 1 heterocycles. The molecule has 0 atom stereocenters. The number of carboxylic acid groups (broad SMARTS) is 1. The lowest BCUT2D eigenvalue weighted by molar-refractivity contribution is -0.121. The maximum atomic E-state index is 11.8. The second-order valence-electron chi connectivity index (χ2n) is 4.09. The number of rotatable bonds is 7. The van der Waals surface area contributed by atoms with E-state index >= 15 is 0 Å². The van der Waals surface area contributed by atoms with Crippen LogP contribution in [-0.4, -0.2) is 69.6 Å². The van der Waals surface area contributed by atoms with Crippen molar-refractivity contribution in [2.24, 2.45) is 0 Å². The molecule has 0 aromatic carbocycles. The molecule has 3 N–H and O–H groups in total. The predicted octanol–water partition coefficient (Wildman–Crippen LogP) is -1.25. The van der Waals surface area contributed by atoms with Gasteiger partial charge in [0.2, 0.25) is 5.91 Å². The third kappa shape index (κ3) is 5.09. The smallest absolute Gasteiger partial charge is 0.358 e. The van der Waals surface area contributed by atoms with Gasteiger partial charge >= 0.3 is 12.0 Å². The van der Waals surface area contributed by atoms with Gasteiger partial charge in [-0.2, -0.15) is 0 Å². The molecule has 1 aromatic heterocycles. The molecule has 0 unspecified atom stereocenters. The van der Waals surface area contributed by atoms with Crippen molar-refractivity contribution in [2.75, 3.05) is 26.7 Å². The molecule has 10 heteroatoms. The lowest BCUT2D eigenvalue weighted by Gasteiger charge is -2.20. The van der Waals surface area contributed by atoms with Crippen LogP contribution in [0.1, 0.15) is 17.4 Å². The number of hydrogen-bond donors (Lipinski definition) is 3. The minimum absolute atomic E-state index is 0.0225. The number of carbonyl (C=O) groups is 3. The molecular weight excluding hydrogens is 280 g/mol. The summed E-state index contributed by atoms with van der Waals surface area (Å²) < 4.78 is 1.32. The minimum atomic E-state index is -1.16. The molecule has 0 radical (unpaired) electrons. The molecule has 0 bridgehead atoms. The largest absolute Gasteiger partial charge is 0.476 e. The number of aromatic carboxylic acids is 1. The minimum Gasteiger partial charge on any atom is -0.476 e. The zero-order valence-electron chi connectivity index (χ0n) is 11.9. The first-order chi connectivity index (χ1) is 9.97. The lowest BCUT2D eigenvalue weighted by atomic mass is 10.4. The van der Waals surface area contributed by atoms with E-state index in [4.69, 9.17) is 5.11 Å². The van der Waals surface area contributed by atoms with Crippen LogP contribution in [0.25, 0.3) is 0 Å². The topological polar surface area (TPSA) is 129 Å². The first-order valence-electron chi connectivity index (χ1n) is 6.34. The Balaban J connectivity index is 2.40. The molecule has 0 saturated heterocycles. The molecule has 0 aliphatic carbocycles. The molecule has 10 nitrogen and oxygen atoms in total. The summed E-state index contributed by atoms with van der Waals surface area (Å²) in [7, 11) is 1.50. The zero-order valence-corrected chi connectivity index (χ0v) is 11.9. The van der Waals surface area contributed by atoms with Crippen LogP contribution in [0.5, 0.6) is 0 Å². The van der Waals surface area contributed by atoms with Crippen molar-refractivity contribution in [1.29, 1.82) is 0 Å². The summed E-state index contributed by atoms with van der Waals surface area (Å²) in [6.45, 7) is 2.66. The van der Waals surface area contributed by atoms with Gasteiger partial charge in [-0.1, -0.05) is 5.21 Å². The number of carbonyl (C=O) groups excluding carboxylic acids is 2. The monoisotopic (exact) mass is 298 g/mol. The average Bonchev–Trinajstić information content (AvgIpc) is 2.93. The van der Waals surface area contributed by atoms with E-state index < -0.39 is 5.97 Å². The van der Waals surface area contributed by atoms with Crippen LogP contribution in [0.3, 0.4) is 0 Å². The van der Waals surface area contributed by atoms with Crippen LogP contribution in [-0.2, 0) is 11.3 Å². The number of nitrogens with one attached hydrogen (secondary N) is 2. The van der Waals surface area contributed by atoms with E-state index in [1.807, 2.05) is 0 Å². The third-order valence-corrected chi connectivity index (χ3v) is 2.66. The summed E-state index contributed by atoms with van der Waals surface area (Å²) in [5.74, 6) is -1.41. The summed E-state index contributed by atoms with van der Waals surface area (Å²) in [5, 5.41) is 20.8. The van der Waals surface area contributed by atoms with Gasteiger partial charge in [-0.25, -0.2) is 14.3 Å². The highest BCUT2D eigenvalue weighted by Crippen LogP contribution is 1.93. The highest BCUT2D eigenvalue weighted by Gasteiger charge is 2.14. The van der Waals surface area contributed by atoms with E-state index in [1.54, 1.807) is 6.92 Å². The average molecular weight is 298 g/mol. The van der Waals surface area contributed by atoms with Gasteiger partial charge in [0.15, 0.2) is 5.69 Å². The first-order valence-corrected chi connectivity index (χ1v) is 6.34. The molecule has 0 fully saturated rings. The van der Waals surface area contributed by atoms with Gasteiger partial charge in [0, 0.05) is 20.1 Å². The molecule has 0 saturated carbocycles. The first kappa shape index (κ1) is 16.4. The molecule has 0 aliphatic heterocycles. The third-order valence-electron chi connectivity index (χ3n) is 2.66. The lowest BCUT2D eigenvalue weighted by Crippen LogP contribution is -2.45. The molecule has 3 amide bonds. The molecule has 21 heavy (non-hydrogen) atoms. The SMILES string of the molecule is CCN(CC(=O)NC)C(=O)NCCn1cc(C(=O)O)nn1.